The third-order valence-electron chi connectivity index (χ3n) is 4.09. The van der Waals surface area contributed by atoms with Gasteiger partial charge >= 0.3 is 0 Å². The summed E-state index contributed by atoms with van der Waals surface area (Å²) in [7, 11) is 0. The van der Waals surface area contributed by atoms with E-state index in [0.29, 0.717) is 17.9 Å². The van der Waals surface area contributed by atoms with Gasteiger partial charge in [0.05, 0.1) is 0 Å². The van der Waals surface area contributed by atoms with Crippen molar-refractivity contribution in [3.05, 3.63) is 21.9 Å². The number of carbonyl (C=O) groups is 1. The highest BCUT2D eigenvalue weighted by Crippen LogP contribution is 2.31. The monoisotopic (exact) mass is 278 g/mol. The molecule has 0 radical (unpaired) electrons. The van der Waals surface area contributed by atoms with Gasteiger partial charge in [0.25, 0.3) is 0 Å². The van der Waals surface area contributed by atoms with Crippen molar-refractivity contribution in [1.29, 1.82) is 0 Å². The minimum absolute atomic E-state index is 0.374. The molecule has 1 aromatic heterocycles. The molecule has 0 bridgehead atoms. The first-order valence-electron chi connectivity index (χ1n) is 7.30. The van der Waals surface area contributed by atoms with Crippen LogP contribution in [0.15, 0.2) is 12.1 Å². The van der Waals surface area contributed by atoms with E-state index in [9.17, 15) is 4.79 Å². The first-order valence-corrected chi connectivity index (χ1v) is 8.11. The Morgan fingerprint density at radius 1 is 1.32 bits per heavy atom. The van der Waals surface area contributed by atoms with Crippen molar-refractivity contribution < 1.29 is 4.79 Å². The van der Waals surface area contributed by atoms with Gasteiger partial charge in [0.15, 0.2) is 0 Å². The normalized spacial score (nSPS) is 20.8. The number of amides is 1. The summed E-state index contributed by atoms with van der Waals surface area (Å²) < 4.78 is 0. The van der Waals surface area contributed by atoms with Gasteiger partial charge in [-0.25, -0.2) is 0 Å². The van der Waals surface area contributed by atoms with Gasteiger partial charge in [-0.15, -0.1) is 11.3 Å². The number of carbonyl (C=O) groups excluding carboxylic acids is 1. The molecule has 1 saturated heterocycles. The van der Waals surface area contributed by atoms with Crippen LogP contribution in [-0.2, 0) is 11.3 Å². The Morgan fingerprint density at radius 3 is 2.63 bits per heavy atom. The van der Waals surface area contributed by atoms with Crippen LogP contribution in [0.5, 0.6) is 0 Å². The second-order valence-electron chi connectivity index (χ2n) is 5.77. The Hall–Kier alpha value is -0.870. The largest absolute Gasteiger partial charge is 0.342 e. The highest BCUT2D eigenvalue weighted by molar-refractivity contribution is 7.11. The standard InChI is InChI=1S/C15H22N2OS/c1-11-2-5-14(19-11)10-16-13-6-8-17(9-7-13)15(18)12-3-4-12/h2,5,12-13,16H,3-4,6-10H2,1H3. The quantitative estimate of drug-likeness (QED) is 0.918. The Morgan fingerprint density at radius 2 is 2.05 bits per heavy atom. The fourth-order valence-electron chi connectivity index (χ4n) is 2.72. The van der Waals surface area contributed by atoms with E-state index in [1.165, 1.54) is 9.75 Å². The minimum Gasteiger partial charge on any atom is -0.342 e. The average Bonchev–Trinajstić information content (AvgIpc) is 3.19. The predicted molar refractivity (Wildman–Crippen MR) is 78.2 cm³/mol. The van der Waals surface area contributed by atoms with Crippen molar-refractivity contribution in [3.8, 4) is 0 Å². The number of hydrogen-bond donors (Lipinski definition) is 1. The number of hydrogen-bond acceptors (Lipinski definition) is 3. The minimum atomic E-state index is 0.374. The Balaban J connectivity index is 1.41. The lowest BCUT2D eigenvalue weighted by atomic mass is 10.0. The van der Waals surface area contributed by atoms with Gasteiger partial charge in [0.1, 0.15) is 0 Å². The van der Waals surface area contributed by atoms with Crippen LogP contribution >= 0.6 is 11.3 Å². The summed E-state index contributed by atoms with van der Waals surface area (Å²) >= 11 is 1.87. The second kappa shape index (κ2) is 5.63. The highest BCUT2D eigenvalue weighted by atomic mass is 32.1. The zero-order chi connectivity index (χ0) is 13.2. The van der Waals surface area contributed by atoms with E-state index in [1.54, 1.807) is 0 Å². The van der Waals surface area contributed by atoms with Gasteiger partial charge in [-0.2, -0.15) is 0 Å². The molecule has 104 valence electrons. The number of aryl methyl sites for hydroxylation is 1. The molecule has 1 aliphatic carbocycles. The van der Waals surface area contributed by atoms with Crippen molar-refractivity contribution in [3.63, 3.8) is 0 Å². The maximum absolute atomic E-state index is 12.0. The summed E-state index contributed by atoms with van der Waals surface area (Å²) in [4.78, 5) is 16.8. The zero-order valence-electron chi connectivity index (χ0n) is 11.5. The van der Waals surface area contributed by atoms with E-state index in [1.807, 2.05) is 11.3 Å². The molecule has 1 aromatic rings. The van der Waals surface area contributed by atoms with Crippen LogP contribution in [-0.4, -0.2) is 29.9 Å². The number of thiophene rings is 1. The van der Waals surface area contributed by atoms with Crippen molar-refractivity contribution in [2.45, 2.75) is 45.2 Å². The fourth-order valence-corrected chi connectivity index (χ4v) is 3.56. The lowest BCUT2D eigenvalue weighted by molar-refractivity contribution is -0.133. The Bertz CT molecular complexity index is 445. The van der Waals surface area contributed by atoms with Gasteiger partial charge in [-0.1, -0.05) is 0 Å². The van der Waals surface area contributed by atoms with Crippen LogP contribution in [0, 0.1) is 12.8 Å². The lowest BCUT2D eigenvalue weighted by Gasteiger charge is -2.32. The molecule has 1 amide bonds. The van der Waals surface area contributed by atoms with E-state index in [-0.39, 0.29) is 0 Å². The molecule has 1 saturated carbocycles. The third kappa shape index (κ3) is 3.37. The zero-order valence-corrected chi connectivity index (χ0v) is 12.3. The molecular weight excluding hydrogens is 256 g/mol. The average molecular weight is 278 g/mol. The summed E-state index contributed by atoms with van der Waals surface area (Å²) in [5.41, 5.74) is 0. The van der Waals surface area contributed by atoms with Crippen LogP contribution in [0.25, 0.3) is 0 Å². The summed E-state index contributed by atoms with van der Waals surface area (Å²) in [6.45, 7) is 5.00. The molecule has 0 spiro atoms. The third-order valence-corrected chi connectivity index (χ3v) is 5.09. The molecule has 3 rings (SSSR count). The van der Waals surface area contributed by atoms with E-state index in [4.69, 9.17) is 0 Å². The smallest absolute Gasteiger partial charge is 0.225 e. The first kappa shape index (κ1) is 13.1. The molecular formula is C15H22N2OS. The molecule has 19 heavy (non-hydrogen) atoms. The van der Waals surface area contributed by atoms with Gasteiger partial charge < -0.3 is 10.2 Å². The van der Waals surface area contributed by atoms with Gasteiger partial charge in [-0.05, 0) is 44.7 Å². The summed E-state index contributed by atoms with van der Waals surface area (Å²) in [6.07, 6.45) is 4.44. The number of nitrogens with one attached hydrogen (secondary N) is 1. The topological polar surface area (TPSA) is 32.3 Å². The van der Waals surface area contributed by atoms with Crippen molar-refractivity contribution in [2.75, 3.05) is 13.1 Å². The summed E-state index contributed by atoms with van der Waals surface area (Å²) in [5.74, 6) is 0.783. The molecule has 2 aliphatic rings. The maximum Gasteiger partial charge on any atom is 0.225 e. The molecule has 1 N–H and O–H groups in total. The number of nitrogens with zero attached hydrogens (tertiary/aromatic N) is 1. The second-order valence-corrected chi connectivity index (χ2v) is 7.14. The van der Waals surface area contributed by atoms with E-state index in [0.717, 1.165) is 45.3 Å². The molecule has 1 aliphatic heterocycles. The predicted octanol–water partition coefficient (Wildman–Crippen LogP) is 2.55. The summed E-state index contributed by atoms with van der Waals surface area (Å²) in [5, 5.41) is 3.63. The molecule has 2 fully saturated rings. The molecule has 2 heterocycles. The van der Waals surface area contributed by atoms with Crippen LogP contribution in [0.3, 0.4) is 0 Å². The van der Waals surface area contributed by atoms with Crippen LogP contribution in [0.2, 0.25) is 0 Å². The van der Waals surface area contributed by atoms with Gasteiger partial charge in [-0.3, -0.25) is 4.79 Å². The molecule has 0 atom stereocenters. The van der Waals surface area contributed by atoms with Crippen molar-refractivity contribution in [1.82, 2.24) is 10.2 Å². The Labute approximate surface area is 119 Å². The number of rotatable bonds is 4. The van der Waals surface area contributed by atoms with E-state index >= 15 is 0 Å². The number of likely N-dealkylation sites (tertiary alicyclic amines) is 1. The highest BCUT2D eigenvalue weighted by Gasteiger charge is 2.34. The SMILES string of the molecule is Cc1ccc(CNC2CCN(C(=O)C3CC3)CC2)s1. The van der Waals surface area contributed by atoms with E-state index < -0.39 is 0 Å². The van der Waals surface area contributed by atoms with Crippen LogP contribution in [0.1, 0.15) is 35.4 Å². The summed E-state index contributed by atoms with van der Waals surface area (Å²) in [6, 6.07) is 4.96. The van der Waals surface area contributed by atoms with E-state index in [2.05, 4.69) is 29.3 Å². The van der Waals surface area contributed by atoms with Crippen LogP contribution < -0.4 is 5.32 Å². The lowest BCUT2D eigenvalue weighted by Crippen LogP contribution is -2.45. The number of piperidine rings is 1. The molecule has 3 nitrogen and oxygen atoms in total. The Kier molecular flexibility index (Phi) is 3.89. The fraction of sp³-hybridized carbons (Fsp3) is 0.667. The van der Waals surface area contributed by atoms with Gasteiger partial charge in [0.2, 0.25) is 5.91 Å². The van der Waals surface area contributed by atoms with Crippen molar-refractivity contribution >= 4 is 17.2 Å². The van der Waals surface area contributed by atoms with Gasteiger partial charge in [0, 0.05) is 41.3 Å². The molecule has 0 unspecified atom stereocenters. The maximum atomic E-state index is 12.0. The molecule has 4 heteroatoms. The molecule has 0 aromatic carbocycles. The first-order chi connectivity index (χ1) is 9.22. The van der Waals surface area contributed by atoms with Crippen LogP contribution in [0.4, 0.5) is 0 Å². The van der Waals surface area contributed by atoms with Crippen molar-refractivity contribution in [2.24, 2.45) is 5.92 Å².